The van der Waals surface area contributed by atoms with E-state index < -0.39 is 0 Å². The lowest BCUT2D eigenvalue weighted by molar-refractivity contribution is 0.417. The normalized spacial score (nSPS) is 15.4. The Bertz CT molecular complexity index is 638. The van der Waals surface area contributed by atoms with Crippen LogP contribution in [0.15, 0.2) is 42.5 Å². The summed E-state index contributed by atoms with van der Waals surface area (Å²) in [4.78, 5) is 0. The molecule has 1 heterocycles. The van der Waals surface area contributed by atoms with Gasteiger partial charge in [0.2, 0.25) is 0 Å². The molecule has 2 aromatic carbocycles. The standard InChI is InChI=1S/C19H22O/c1-13(2)11-14-9-10-16-18(12-14)20-17-8-6-5-7-15(17)19(16,3)4/h5-10,12-13H,11H2,1-4H3. The fourth-order valence-corrected chi connectivity index (χ4v) is 3.10. The van der Waals surface area contributed by atoms with E-state index in [1.54, 1.807) is 0 Å². The molecule has 0 saturated heterocycles. The SMILES string of the molecule is CC(C)Cc1ccc2c(c1)Oc1ccccc1C2(C)C. The maximum atomic E-state index is 6.14. The van der Waals surface area contributed by atoms with Crippen LogP contribution in [0.4, 0.5) is 0 Å². The van der Waals surface area contributed by atoms with Gasteiger partial charge >= 0.3 is 0 Å². The highest BCUT2D eigenvalue weighted by Crippen LogP contribution is 2.47. The van der Waals surface area contributed by atoms with Crippen molar-refractivity contribution in [2.75, 3.05) is 0 Å². The van der Waals surface area contributed by atoms with Crippen LogP contribution in [0.25, 0.3) is 0 Å². The molecular formula is C19H22O. The summed E-state index contributed by atoms with van der Waals surface area (Å²) in [6.45, 7) is 9.05. The second-order valence-electron chi connectivity index (χ2n) is 6.65. The van der Waals surface area contributed by atoms with Gasteiger partial charge in [0.25, 0.3) is 0 Å². The molecule has 104 valence electrons. The van der Waals surface area contributed by atoms with Crippen LogP contribution >= 0.6 is 0 Å². The van der Waals surface area contributed by atoms with Crippen molar-refractivity contribution in [1.82, 2.24) is 0 Å². The Hall–Kier alpha value is -1.76. The summed E-state index contributed by atoms with van der Waals surface area (Å²) < 4.78 is 6.14. The zero-order chi connectivity index (χ0) is 14.3. The lowest BCUT2D eigenvalue weighted by Crippen LogP contribution is -2.24. The van der Waals surface area contributed by atoms with Crippen molar-refractivity contribution >= 4 is 0 Å². The van der Waals surface area contributed by atoms with Gasteiger partial charge in [0.05, 0.1) is 0 Å². The Kier molecular flexibility index (Phi) is 3.08. The quantitative estimate of drug-likeness (QED) is 0.715. The lowest BCUT2D eigenvalue weighted by atomic mass is 9.75. The molecule has 1 aliphatic rings. The van der Waals surface area contributed by atoms with E-state index in [9.17, 15) is 0 Å². The maximum Gasteiger partial charge on any atom is 0.131 e. The van der Waals surface area contributed by atoms with Crippen molar-refractivity contribution < 1.29 is 4.74 Å². The molecule has 1 aliphatic heterocycles. The second-order valence-corrected chi connectivity index (χ2v) is 6.65. The summed E-state index contributed by atoms with van der Waals surface area (Å²) in [6.07, 6.45) is 1.10. The van der Waals surface area contributed by atoms with E-state index in [-0.39, 0.29) is 5.41 Å². The smallest absolute Gasteiger partial charge is 0.131 e. The number of benzene rings is 2. The van der Waals surface area contributed by atoms with Gasteiger partial charge in [-0.15, -0.1) is 0 Å². The minimum Gasteiger partial charge on any atom is -0.457 e. The van der Waals surface area contributed by atoms with Crippen LogP contribution in [0, 0.1) is 5.92 Å². The van der Waals surface area contributed by atoms with Gasteiger partial charge in [-0.1, -0.05) is 58.0 Å². The summed E-state index contributed by atoms with van der Waals surface area (Å²) in [6, 6.07) is 15.1. The van der Waals surface area contributed by atoms with Gasteiger partial charge in [-0.3, -0.25) is 0 Å². The maximum absolute atomic E-state index is 6.14. The van der Waals surface area contributed by atoms with E-state index in [4.69, 9.17) is 4.74 Å². The van der Waals surface area contributed by atoms with Crippen LogP contribution in [-0.4, -0.2) is 0 Å². The molecule has 0 fully saturated rings. The van der Waals surface area contributed by atoms with E-state index in [1.165, 1.54) is 16.7 Å². The fraction of sp³-hybridized carbons (Fsp3) is 0.368. The van der Waals surface area contributed by atoms with E-state index in [0.717, 1.165) is 17.9 Å². The summed E-state index contributed by atoms with van der Waals surface area (Å²) >= 11 is 0. The Morgan fingerprint density at radius 2 is 1.65 bits per heavy atom. The molecule has 3 rings (SSSR count). The van der Waals surface area contributed by atoms with E-state index in [2.05, 4.69) is 64.1 Å². The van der Waals surface area contributed by atoms with Gasteiger partial charge in [-0.2, -0.15) is 0 Å². The molecular weight excluding hydrogens is 244 g/mol. The number of hydrogen-bond acceptors (Lipinski definition) is 1. The molecule has 2 aromatic rings. The first-order valence-electron chi connectivity index (χ1n) is 7.39. The van der Waals surface area contributed by atoms with Gasteiger partial charge in [0, 0.05) is 16.5 Å². The third-order valence-corrected chi connectivity index (χ3v) is 4.14. The van der Waals surface area contributed by atoms with Gasteiger partial charge < -0.3 is 4.74 Å². The predicted molar refractivity (Wildman–Crippen MR) is 83.6 cm³/mol. The average Bonchev–Trinajstić information content (AvgIpc) is 2.37. The molecule has 0 bridgehead atoms. The lowest BCUT2D eigenvalue weighted by Gasteiger charge is -2.34. The molecule has 0 saturated carbocycles. The third kappa shape index (κ3) is 2.11. The first-order chi connectivity index (χ1) is 9.48. The molecule has 0 spiro atoms. The molecule has 0 aromatic heterocycles. The van der Waals surface area contributed by atoms with Gasteiger partial charge in [0.1, 0.15) is 11.5 Å². The molecule has 0 N–H and O–H groups in total. The monoisotopic (exact) mass is 266 g/mol. The van der Waals surface area contributed by atoms with Crippen LogP contribution in [0.2, 0.25) is 0 Å². The van der Waals surface area contributed by atoms with Crippen molar-refractivity contribution in [3.05, 3.63) is 59.2 Å². The molecule has 0 radical (unpaired) electrons. The number of para-hydroxylation sites is 1. The molecule has 1 heteroatoms. The van der Waals surface area contributed by atoms with Gasteiger partial charge in [-0.05, 0) is 30.0 Å². The highest BCUT2D eigenvalue weighted by atomic mass is 16.5. The van der Waals surface area contributed by atoms with Crippen molar-refractivity contribution in [1.29, 1.82) is 0 Å². The Balaban J connectivity index is 2.08. The van der Waals surface area contributed by atoms with Crippen LogP contribution in [0.3, 0.4) is 0 Å². The van der Waals surface area contributed by atoms with E-state index in [0.29, 0.717) is 5.92 Å². The Morgan fingerprint density at radius 1 is 0.950 bits per heavy atom. The number of ether oxygens (including phenoxy) is 1. The largest absolute Gasteiger partial charge is 0.457 e. The third-order valence-electron chi connectivity index (χ3n) is 4.14. The molecule has 20 heavy (non-hydrogen) atoms. The van der Waals surface area contributed by atoms with Gasteiger partial charge in [0.15, 0.2) is 0 Å². The highest BCUT2D eigenvalue weighted by molar-refractivity contribution is 5.57. The summed E-state index contributed by atoms with van der Waals surface area (Å²) in [7, 11) is 0. The van der Waals surface area contributed by atoms with E-state index in [1.807, 2.05) is 6.07 Å². The number of rotatable bonds is 2. The van der Waals surface area contributed by atoms with Crippen LogP contribution in [0.1, 0.15) is 44.4 Å². The van der Waals surface area contributed by atoms with Gasteiger partial charge in [-0.25, -0.2) is 0 Å². The summed E-state index contributed by atoms with van der Waals surface area (Å²) in [5, 5.41) is 0. The zero-order valence-corrected chi connectivity index (χ0v) is 12.7. The molecule has 0 atom stereocenters. The minimum atomic E-state index is 0.000533. The topological polar surface area (TPSA) is 9.23 Å². The average molecular weight is 266 g/mol. The predicted octanol–water partition coefficient (Wildman–Crippen LogP) is 5.32. The van der Waals surface area contributed by atoms with Crippen molar-refractivity contribution in [2.24, 2.45) is 5.92 Å². The second kappa shape index (κ2) is 4.66. The zero-order valence-electron chi connectivity index (χ0n) is 12.7. The van der Waals surface area contributed by atoms with Crippen molar-refractivity contribution in [2.45, 2.75) is 39.5 Å². The van der Waals surface area contributed by atoms with Crippen molar-refractivity contribution in [3.63, 3.8) is 0 Å². The van der Waals surface area contributed by atoms with E-state index >= 15 is 0 Å². The van der Waals surface area contributed by atoms with Crippen LogP contribution in [-0.2, 0) is 11.8 Å². The van der Waals surface area contributed by atoms with Crippen molar-refractivity contribution in [3.8, 4) is 11.5 Å². The van der Waals surface area contributed by atoms with Crippen LogP contribution < -0.4 is 4.74 Å². The Morgan fingerprint density at radius 3 is 2.40 bits per heavy atom. The summed E-state index contributed by atoms with van der Waals surface area (Å²) in [5.74, 6) is 2.68. The first kappa shape index (κ1) is 13.2. The molecule has 1 nitrogen and oxygen atoms in total. The molecule has 0 unspecified atom stereocenters. The highest BCUT2D eigenvalue weighted by Gasteiger charge is 2.33. The minimum absolute atomic E-state index is 0.000533. The molecule has 0 aliphatic carbocycles. The first-order valence-corrected chi connectivity index (χ1v) is 7.39. The molecule has 0 amide bonds. The van der Waals surface area contributed by atoms with Crippen LogP contribution in [0.5, 0.6) is 11.5 Å². The number of fused-ring (bicyclic) bond motifs is 2. The fourth-order valence-electron chi connectivity index (χ4n) is 3.10. The number of hydrogen-bond donors (Lipinski definition) is 0. The summed E-state index contributed by atoms with van der Waals surface area (Å²) in [5.41, 5.74) is 3.90. The Labute approximate surface area is 121 Å².